The Kier molecular flexibility index (Phi) is 8.99. The summed E-state index contributed by atoms with van der Waals surface area (Å²) in [6.45, 7) is 10.6. The number of likely N-dealkylation sites (tertiary alicyclic amines) is 1. The monoisotopic (exact) mass is 461 g/mol. The third-order valence-corrected chi connectivity index (χ3v) is 6.57. The maximum atomic E-state index is 12.2. The first-order valence-electron chi connectivity index (χ1n) is 12.3. The number of nitrogens with zero attached hydrogens (tertiary/aromatic N) is 3. The molecule has 1 aromatic carbocycles. The van der Waals surface area contributed by atoms with Crippen molar-refractivity contribution < 1.29 is 4.79 Å². The maximum absolute atomic E-state index is 12.2. The Morgan fingerprint density at radius 1 is 1.26 bits per heavy atom. The molecule has 0 aliphatic carbocycles. The van der Waals surface area contributed by atoms with Crippen molar-refractivity contribution in [2.75, 3.05) is 33.7 Å². The molecule has 6 heteroatoms. The zero-order chi connectivity index (χ0) is 24.7. The fraction of sp³-hybridized carbons (Fsp3) is 0.464. The predicted octanol–water partition coefficient (Wildman–Crippen LogP) is 5.30. The number of hydrogen-bond acceptors (Lipinski definition) is 3. The van der Waals surface area contributed by atoms with Gasteiger partial charge in [0, 0.05) is 42.4 Å². The van der Waals surface area contributed by atoms with E-state index in [2.05, 4.69) is 71.4 Å². The number of aromatic amines is 1. The van der Waals surface area contributed by atoms with Gasteiger partial charge in [-0.15, -0.1) is 0 Å². The van der Waals surface area contributed by atoms with Gasteiger partial charge in [0.2, 0.25) is 5.91 Å². The van der Waals surface area contributed by atoms with Gasteiger partial charge in [-0.1, -0.05) is 32.1 Å². The van der Waals surface area contributed by atoms with Crippen LogP contribution in [0.5, 0.6) is 0 Å². The summed E-state index contributed by atoms with van der Waals surface area (Å²) in [5.74, 6) is 1.06. The SMILES string of the molecule is C/C=C(\C=C/C(C)=NC=NC)c1[nH]c2ccc(C3CCN(C(=O)CNC)CC3)cc2c1C(C)C. The Bertz CT molecular complexity index is 1110. The first-order valence-corrected chi connectivity index (χ1v) is 12.3. The highest BCUT2D eigenvalue weighted by atomic mass is 16.2. The Balaban J connectivity index is 1.90. The molecular weight excluding hydrogens is 422 g/mol. The van der Waals surface area contributed by atoms with Gasteiger partial charge < -0.3 is 15.2 Å². The number of amides is 1. The van der Waals surface area contributed by atoms with Gasteiger partial charge in [0.1, 0.15) is 6.34 Å². The van der Waals surface area contributed by atoms with Crippen molar-refractivity contribution in [1.29, 1.82) is 0 Å². The molecular formula is C28H39N5O. The van der Waals surface area contributed by atoms with Crippen LogP contribution < -0.4 is 5.32 Å². The Hall–Kier alpha value is -2.99. The molecule has 1 aliphatic rings. The van der Waals surface area contributed by atoms with Crippen LogP contribution in [0.1, 0.15) is 69.2 Å². The van der Waals surface area contributed by atoms with Crippen LogP contribution in [0.2, 0.25) is 0 Å². The van der Waals surface area contributed by atoms with Gasteiger partial charge in [0.25, 0.3) is 0 Å². The lowest BCUT2D eigenvalue weighted by molar-refractivity contribution is -0.131. The highest BCUT2D eigenvalue weighted by Crippen LogP contribution is 2.37. The second kappa shape index (κ2) is 11.9. The number of aliphatic imine (C=N–C) groups is 2. The second-order valence-electron chi connectivity index (χ2n) is 9.28. The fourth-order valence-corrected chi connectivity index (χ4v) is 4.76. The number of aromatic nitrogens is 1. The molecule has 0 spiro atoms. The number of benzene rings is 1. The topological polar surface area (TPSA) is 72.8 Å². The molecule has 1 amide bonds. The first-order chi connectivity index (χ1) is 16.4. The van der Waals surface area contributed by atoms with E-state index in [4.69, 9.17) is 0 Å². The standard InChI is InChI=1S/C28H39N5O/c1-7-21(9-8-20(4)31-18-30-6)28-27(19(2)3)24-16-23(10-11-25(24)32-28)22-12-14-33(15-13-22)26(34)17-29-5/h7-11,16,18-19,22,29,32H,12-15,17H2,1-6H3/b9-8-,21-7+,30-18?,31-20?. The number of nitrogens with one attached hydrogen (secondary N) is 2. The van der Waals surface area contributed by atoms with Crippen LogP contribution in [-0.4, -0.2) is 61.6 Å². The lowest BCUT2D eigenvalue weighted by Crippen LogP contribution is -2.41. The van der Waals surface area contributed by atoms with E-state index in [-0.39, 0.29) is 5.91 Å². The zero-order valence-corrected chi connectivity index (χ0v) is 21.5. The number of piperidine rings is 1. The lowest BCUT2D eigenvalue weighted by Gasteiger charge is -2.32. The fourth-order valence-electron chi connectivity index (χ4n) is 4.76. The van der Waals surface area contributed by atoms with Gasteiger partial charge in [-0.3, -0.25) is 9.79 Å². The van der Waals surface area contributed by atoms with Crippen LogP contribution in [0, 0.1) is 0 Å². The van der Waals surface area contributed by atoms with Gasteiger partial charge in [-0.05, 0) is 80.5 Å². The molecule has 2 N–H and O–H groups in total. The van der Waals surface area contributed by atoms with Crippen molar-refractivity contribution in [3.05, 3.63) is 53.2 Å². The molecule has 1 aliphatic heterocycles. The van der Waals surface area contributed by atoms with Gasteiger partial charge in [0.05, 0.1) is 6.54 Å². The van der Waals surface area contributed by atoms with Gasteiger partial charge >= 0.3 is 0 Å². The normalized spacial score (nSPS) is 16.6. The van der Waals surface area contributed by atoms with Crippen LogP contribution in [0.25, 0.3) is 16.5 Å². The predicted molar refractivity (Wildman–Crippen MR) is 145 cm³/mol. The number of hydrogen-bond donors (Lipinski definition) is 2. The molecule has 0 saturated carbocycles. The molecule has 0 unspecified atom stereocenters. The van der Waals surface area contributed by atoms with E-state index in [9.17, 15) is 4.79 Å². The van der Waals surface area contributed by atoms with Crippen LogP contribution in [0.4, 0.5) is 0 Å². The van der Waals surface area contributed by atoms with E-state index in [0.717, 1.165) is 37.2 Å². The minimum atomic E-state index is 0.197. The summed E-state index contributed by atoms with van der Waals surface area (Å²) in [4.78, 5) is 26.1. The Morgan fingerprint density at radius 2 is 2.00 bits per heavy atom. The van der Waals surface area contributed by atoms with Gasteiger partial charge in [-0.2, -0.15) is 0 Å². The van der Waals surface area contributed by atoms with Crippen LogP contribution in [-0.2, 0) is 4.79 Å². The Morgan fingerprint density at radius 3 is 2.62 bits per heavy atom. The third-order valence-electron chi connectivity index (χ3n) is 6.57. The Labute approximate surface area is 203 Å². The molecule has 182 valence electrons. The third kappa shape index (κ3) is 5.92. The molecule has 2 heterocycles. The summed E-state index contributed by atoms with van der Waals surface area (Å²) in [5, 5.41) is 4.27. The number of fused-ring (bicyclic) bond motifs is 1. The van der Waals surface area contributed by atoms with Crippen molar-refractivity contribution in [3.8, 4) is 0 Å². The van der Waals surface area contributed by atoms with Gasteiger partial charge in [0.15, 0.2) is 0 Å². The lowest BCUT2D eigenvalue weighted by atomic mass is 9.87. The second-order valence-corrected chi connectivity index (χ2v) is 9.28. The van der Waals surface area contributed by atoms with Crippen molar-refractivity contribution in [3.63, 3.8) is 0 Å². The first kappa shape index (κ1) is 25.6. The number of likely N-dealkylation sites (N-methyl/N-ethyl adjacent to an activating group) is 1. The number of carbonyl (C=O) groups is 1. The van der Waals surface area contributed by atoms with E-state index in [1.807, 2.05) is 24.9 Å². The summed E-state index contributed by atoms with van der Waals surface area (Å²) >= 11 is 0. The molecule has 3 rings (SSSR count). The van der Waals surface area contributed by atoms with E-state index < -0.39 is 0 Å². The molecule has 2 aromatic rings. The number of allylic oxidation sites excluding steroid dienone is 4. The minimum Gasteiger partial charge on any atom is -0.354 e. The molecule has 0 bridgehead atoms. The summed E-state index contributed by atoms with van der Waals surface area (Å²) in [6.07, 6.45) is 9.89. The smallest absolute Gasteiger partial charge is 0.236 e. The summed E-state index contributed by atoms with van der Waals surface area (Å²) in [7, 11) is 3.54. The highest BCUT2D eigenvalue weighted by Gasteiger charge is 2.24. The highest BCUT2D eigenvalue weighted by molar-refractivity contribution is 6.00. The number of rotatable bonds is 8. The van der Waals surface area contributed by atoms with Crippen LogP contribution in [0.3, 0.4) is 0 Å². The van der Waals surface area contributed by atoms with Crippen LogP contribution in [0.15, 0.2) is 46.4 Å². The van der Waals surface area contributed by atoms with Crippen molar-refractivity contribution in [1.82, 2.24) is 15.2 Å². The van der Waals surface area contributed by atoms with Crippen molar-refractivity contribution in [2.24, 2.45) is 9.98 Å². The van der Waals surface area contributed by atoms with E-state index in [1.54, 1.807) is 13.4 Å². The molecule has 1 aromatic heterocycles. The quantitative estimate of drug-likeness (QED) is 0.318. The number of H-pyrrole nitrogens is 1. The zero-order valence-electron chi connectivity index (χ0n) is 21.5. The van der Waals surface area contributed by atoms with Crippen molar-refractivity contribution >= 4 is 34.4 Å². The van der Waals surface area contributed by atoms with Gasteiger partial charge in [-0.25, -0.2) is 4.99 Å². The van der Waals surface area contributed by atoms with E-state index in [1.165, 1.54) is 27.7 Å². The summed E-state index contributed by atoms with van der Waals surface area (Å²) in [5.41, 5.74) is 7.13. The molecule has 34 heavy (non-hydrogen) atoms. The number of carbonyl (C=O) groups excluding carboxylic acids is 1. The maximum Gasteiger partial charge on any atom is 0.236 e. The average molecular weight is 462 g/mol. The molecule has 6 nitrogen and oxygen atoms in total. The summed E-state index contributed by atoms with van der Waals surface area (Å²) < 4.78 is 0. The van der Waals surface area contributed by atoms with Crippen molar-refractivity contribution in [2.45, 2.75) is 52.4 Å². The van der Waals surface area contributed by atoms with E-state index >= 15 is 0 Å². The molecule has 1 saturated heterocycles. The van der Waals surface area contributed by atoms with Crippen LogP contribution >= 0.6 is 0 Å². The molecule has 0 atom stereocenters. The average Bonchev–Trinajstić information content (AvgIpc) is 3.22. The minimum absolute atomic E-state index is 0.197. The largest absolute Gasteiger partial charge is 0.354 e. The summed E-state index contributed by atoms with van der Waals surface area (Å²) in [6, 6.07) is 6.86. The molecule has 1 fully saturated rings. The molecule has 0 radical (unpaired) electrons. The van der Waals surface area contributed by atoms with E-state index in [0.29, 0.717) is 18.4 Å².